The van der Waals surface area contributed by atoms with E-state index in [1.807, 2.05) is 23.7 Å². The van der Waals surface area contributed by atoms with Crippen molar-refractivity contribution in [2.45, 2.75) is 0 Å². The third-order valence-electron chi connectivity index (χ3n) is 3.74. The van der Waals surface area contributed by atoms with Crippen LogP contribution in [0.3, 0.4) is 0 Å². The van der Waals surface area contributed by atoms with Gasteiger partial charge in [-0.25, -0.2) is 4.98 Å². The first kappa shape index (κ1) is 10.4. The summed E-state index contributed by atoms with van der Waals surface area (Å²) in [6.07, 6.45) is 3.39. The lowest BCUT2D eigenvalue weighted by atomic mass is 10.1. The molecule has 0 aliphatic rings. The maximum Gasteiger partial charge on any atom is 0.249 e. The van der Waals surface area contributed by atoms with Gasteiger partial charge in [0.05, 0.1) is 33.3 Å². The summed E-state index contributed by atoms with van der Waals surface area (Å²) in [4.78, 5) is 16.7. The molecule has 4 rings (SSSR count). The summed E-state index contributed by atoms with van der Waals surface area (Å²) in [6, 6.07) is 2.08. The van der Waals surface area contributed by atoms with Crippen LogP contribution in [0.4, 0.5) is 5.82 Å². The molecule has 0 fully saturated rings. The summed E-state index contributed by atoms with van der Waals surface area (Å²) in [5, 5.41) is 11.0. The molecule has 0 atom stereocenters. The summed E-state index contributed by atoms with van der Waals surface area (Å²) in [5.41, 5.74) is 1.79. The zero-order valence-corrected chi connectivity index (χ0v) is 14.2. The average Bonchev–Trinajstić information content (AvgIpc) is 3.26. The molecule has 0 saturated heterocycles. The van der Waals surface area contributed by atoms with Gasteiger partial charge in [0.2, 0.25) is 5.91 Å². The molecule has 2 aromatic carbocycles. The first-order chi connectivity index (χ1) is 16.1. The van der Waals surface area contributed by atoms with E-state index in [0.717, 1.165) is 11.3 Å². The van der Waals surface area contributed by atoms with Crippen molar-refractivity contribution in [2.75, 3.05) is 5.32 Å². The summed E-state index contributed by atoms with van der Waals surface area (Å²) < 4.78 is 57.0. The second kappa shape index (κ2) is 7.21. The van der Waals surface area contributed by atoms with Crippen molar-refractivity contribution in [3.8, 4) is 11.3 Å². The van der Waals surface area contributed by atoms with Crippen molar-refractivity contribution in [1.29, 1.82) is 0 Å². The minimum atomic E-state index is -1.03. The van der Waals surface area contributed by atoms with Crippen LogP contribution in [-0.4, -0.2) is 25.7 Å². The molecule has 0 saturated carbocycles. The number of carbonyl (C=O) groups is 1. The predicted octanol–water partition coefficient (Wildman–Crippen LogP) is 3.68. The molecular weight excluding hydrogens is 338 g/mol. The Morgan fingerprint density at radius 1 is 1.22 bits per heavy atom. The molecule has 1 N–H and O–H groups in total. The Morgan fingerprint density at radius 3 is 2.85 bits per heavy atom. The second-order valence-corrected chi connectivity index (χ2v) is 5.60. The summed E-state index contributed by atoms with van der Waals surface area (Å²) in [5.74, 6) is -1.01. The first-order valence-electron chi connectivity index (χ1n) is 11.4. The van der Waals surface area contributed by atoms with Gasteiger partial charge in [-0.15, -0.1) is 10.2 Å². The molecule has 2 heterocycles. The van der Waals surface area contributed by atoms with Gasteiger partial charge in [0, 0.05) is 24.0 Å². The standard InChI is InChI=1S/C21H17N5O/c1-26-14-22-13-19(26)16-8-9-18-17(11-16)12-20(25-24-18)23-21(27)10-7-15-5-3-2-4-6-15/h2-14H,1H3,(H,23,25,27)/b10-7+/i2D,3D,4D,5D,6D,7D,10D. The van der Waals surface area contributed by atoms with Gasteiger partial charge >= 0.3 is 0 Å². The third-order valence-corrected chi connectivity index (χ3v) is 3.74. The fraction of sp³-hybridized carbons (Fsp3) is 0.0476. The van der Waals surface area contributed by atoms with E-state index >= 15 is 0 Å². The lowest BCUT2D eigenvalue weighted by Gasteiger charge is -2.06. The topological polar surface area (TPSA) is 72.7 Å². The Kier molecular flexibility index (Phi) is 2.77. The quantitative estimate of drug-likeness (QED) is 0.562. The molecule has 6 heteroatoms. The smallest absolute Gasteiger partial charge is 0.249 e. The van der Waals surface area contributed by atoms with Crippen LogP contribution in [0.5, 0.6) is 0 Å². The highest BCUT2D eigenvalue weighted by molar-refractivity contribution is 6.02. The number of aromatic nitrogens is 4. The highest BCUT2D eigenvalue weighted by Crippen LogP contribution is 2.23. The van der Waals surface area contributed by atoms with Crippen molar-refractivity contribution in [1.82, 2.24) is 19.7 Å². The van der Waals surface area contributed by atoms with Crippen LogP contribution < -0.4 is 5.32 Å². The van der Waals surface area contributed by atoms with Gasteiger partial charge in [0.25, 0.3) is 0 Å². The molecule has 27 heavy (non-hydrogen) atoms. The van der Waals surface area contributed by atoms with E-state index in [2.05, 4.69) is 20.5 Å². The minimum absolute atomic E-state index is 0.0262. The molecule has 0 bridgehead atoms. The molecule has 4 aromatic rings. The number of rotatable bonds is 4. The van der Waals surface area contributed by atoms with Crippen LogP contribution in [-0.2, 0) is 11.8 Å². The van der Waals surface area contributed by atoms with Gasteiger partial charge < -0.3 is 9.88 Å². The Morgan fingerprint density at radius 2 is 2.07 bits per heavy atom. The van der Waals surface area contributed by atoms with E-state index in [9.17, 15) is 4.79 Å². The molecule has 0 aliphatic carbocycles. The van der Waals surface area contributed by atoms with Crippen LogP contribution >= 0.6 is 0 Å². The number of amides is 1. The number of aryl methyl sites for hydroxylation is 1. The van der Waals surface area contributed by atoms with E-state index < -0.39 is 53.8 Å². The van der Waals surface area contributed by atoms with Gasteiger partial charge in [-0.2, -0.15) is 0 Å². The fourth-order valence-electron chi connectivity index (χ4n) is 2.48. The molecule has 6 nitrogen and oxygen atoms in total. The molecule has 0 aliphatic heterocycles. The third kappa shape index (κ3) is 3.74. The van der Waals surface area contributed by atoms with Crippen molar-refractivity contribution >= 4 is 28.7 Å². The van der Waals surface area contributed by atoms with Crippen LogP contribution in [0.15, 0.2) is 73.1 Å². The predicted molar refractivity (Wildman–Crippen MR) is 106 cm³/mol. The Labute approximate surface area is 166 Å². The molecule has 0 radical (unpaired) electrons. The number of carbonyl (C=O) groups excluding carboxylic acids is 1. The van der Waals surface area contributed by atoms with E-state index in [1.165, 1.54) is 0 Å². The Hall–Kier alpha value is -3.80. The van der Waals surface area contributed by atoms with Crippen molar-refractivity contribution in [3.05, 3.63) is 78.6 Å². The van der Waals surface area contributed by atoms with E-state index in [1.54, 1.807) is 24.7 Å². The summed E-state index contributed by atoms with van der Waals surface area (Å²) >= 11 is 0. The monoisotopic (exact) mass is 362 g/mol. The van der Waals surface area contributed by atoms with Crippen LogP contribution in [0.1, 0.15) is 15.2 Å². The first-order valence-corrected chi connectivity index (χ1v) is 7.90. The van der Waals surface area contributed by atoms with Gasteiger partial charge in [-0.1, -0.05) is 36.3 Å². The summed E-state index contributed by atoms with van der Waals surface area (Å²) in [7, 11) is 1.86. The van der Waals surface area contributed by atoms with Gasteiger partial charge in [0.15, 0.2) is 5.82 Å². The minimum Gasteiger partial charge on any atom is -0.334 e. The molecule has 0 spiro atoms. The number of hydrogen-bond acceptors (Lipinski definition) is 4. The van der Waals surface area contributed by atoms with Crippen LogP contribution in [0.25, 0.3) is 28.2 Å². The average molecular weight is 362 g/mol. The van der Waals surface area contributed by atoms with Crippen molar-refractivity contribution in [3.63, 3.8) is 0 Å². The van der Waals surface area contributed by atoms with Crippen molar-refractivity contribution < 1.29 is 14.4 Å². The van der Waals surface area contributed by atoms with Gasteiger partial charge in [-0.05, 0) is 29.8 Å². The zero-order chi connectivity index (χ0) is 24.7. The summed E-state index contributed by atoms with van der Waals surface area (Å²) in [6.45, 7) is 0. The maximum atomic E-state index is 12.6. The van der Waals surface area contributed by atoms with Gasteiger partial charge in [0.1, 0.15) is 0 Å². The van der Waals surface area contributed by atoms with E-state index in [0.29, 0.717) is 10.9 Å². The number of hydrogen-bond donors (Lipinski definition) is 1. The normalized spacial score (nSPS) is 15.5. The molecule has 132 valence electrons. The molecule has 1 amide bonds. The van der Waals surface area contributed by atoms with E-state index in [4.69, 9.17) is 9.60 Å². The fourth-order valence-corrected chi connectivity index (χ4v) is 2.48. The zero-order valence-electron chi connectivity index (χ0n) is 21.2. The number of fused-ring (bicyclic) bond motifs is 1. The number of nitrogens with zero attached hydrogens (tertiary/aromatic N) is 4. The SMILES string of the molecule is [2H]/C(C(=O)Nc1cc2cc(-c3cncn3C)ccc2nn1)=C(/[2H])c1c([2H])c([2H])c([2H])c([2H])c1[2H]. The van der Waals surface area contributed by atoms with Crippen molar-refractivity contribution in [2.24, 2.45) is 7.05 Å². The molecular formula is C21H17N5O. The lowest BCUT2D eigenvalue weighted by Crippen LogP contribution is -2.09. The Balaban J connectivity index is 1.68. The molecule has 2 aromatic heterocycles. The van der Waals surface area contributed by atoms with Crippen LogP contribution in [0.2, 0.25) is 0 Å². The lowest BCUT2D eigenvalue weighted by molar-refractivity contribution is -0.111. The number of anilines is 1. The second-order valence-electron chi connectivity index (χ2n) is 5.60. The Bertz CT molecular complexity index is 1470. The molecule has 0 unspecified atom stereocenters. The number of benzene rings is 2. The van der Waals surface area contributed by atoms with Gasteiger partial charge in [-0.3, -0.25) is 4.79 Å². The van der Waals surface area contributed by atoms with E-state index in [-0.39, 0.29) is 5.82 Å². The highest BCUT2D eigenvalue weighted by atomic mass is 16.1. The van der Waals surface area contributed by atoms with Crippen LogP contribution in [0, 0.1) is 0 Å². The number of imidazole rings is 1. The highest BCUT2D eigenvalue weighted by Gasteiger charge is 2.07. The number of nitrogens with one attached hydrogen (secondary N) is 1. The maximum absolute atomic E-state index is 12.6. The largest absolute Gasteiger partial charge is 0.334 e.